The summed E-state index contributed by atoms with van der Waals surface area (Å²) in [5.74, 6) is 1.03. The number of hydrogen-bond donors (Lipinski definition) is 2. The number of nitrogens with two attached hydrogens (primary N) is 1. The van der Waals surface area contributed by atoms with E-state index < -0.39 is 11.7 Å². The highest BCUT2D eigenvalue weighted by molar-refractivity contribution is 5.94. The number of hydrogen-bond acceptors (Lipinski definition) is 7. The summed E-state index contributed by atoms with van der Waals surface area (Å²) in [4.78, 5) is 17.2. The van der Waals surface area contributed by atoms with E-state index in [0.717, 1.165) is 22.5 Å². The van der Waals surface area contributed by atoms with Crippen molar-refractivity contribution in [3.8, 4) is 0 Å². The Bertz CT molecular complexity index is 1330. The van der Waals surface area contributed by atoms with Crippen molar-refractivity contribution in [1.29, 1.82) is 0 Å². The lowest BCUT2D eigenvalue weighted by Crippen LogP contribution is -2.46. The van der Waals surface area contributed by atoms with Gasteiger partial charge >= 0.3 is 6.18 Å². The molecule has 5 rings (SSSR count). The molecule has 2 heterocycles. The summed E-state index contributed by atoms with van der Waals surface area (Å²) >= 11 is 0. The highest BCUT2D eigenvalue weighted by Gasteiger charge is 2.31. The molecule has 1 fully saturated rings. The van der Waals surface area contributed by atoms with Gasteiger partial charge in [0.2, 0.25) is 11.9 Å². The Morgan fingerprint density at radius 1 is 0.857 bits per heavy atom. The first-order valence-corrected chi connectivity index (χ1v) is 11.2. The van der Waals surface area contributed by atoms with Crippen LogP contribution in [0.2, 0.25) is 0 Å². The molecule has 3 N–H and O–H groups in total. The van der Waals surface area contributed by atoms with Crippen molar-refractivity contribution in [3.63, 3.8) is 0 Å². The van der Waals surface area contributed by atoms with Crippen LogP contribution in [-0.2, 0) is 12.7 Å². The van der Waals surface area contributed by atoms with Crippen LogP contribution in [0.15, 0.2) is 66.7 Å². The number of anilines is 4. The number of nitrogen functional groups attached to an aromatic ring is 1. The maximum Gasteiger partial charge on any atom is 0.416 e. The summed E-state index contributed by atoms with van der Waals surface area (Å²) < 4.78 is 39.2. The van der Waals surface area contributed by atoms with E-state index in [0.29, 0.717) is 50.2 Å². The normalized spacial score (nSPS) is 14.9. The van der Waals surface area contributed by atoms with Crippen LogP contribution in [-0.4, -0.2) is 46.0 Å². The molecule has 180 valence electrons. The van der Waals surface area contributed by atoms with Crippen LogP contribution >= 0.6 is 0 Å². The van der Waals surface area contributed by atoms with Crippen LogP contribution in [0.5, 0.6) is 0 Å². The minimum Gasteiger partial charge on any atom is -0.369 e. The number of piperazine rings is 1. The molecular formula is C25H24F3N7. The molecule has 0 radical (unpaired) electrons. The van der Waals surface area contributed by atoms with E-state index in [2.05, 4.69) is 25.2 Å². The van der Waals surface area contributed by atoms with Gasteiger partial charge in [0, 0.05) is 42.9 Å². The molecule has 1 saturated heterocycles. The standard InChI is InChI=1S/C25H24F3N7/c26-25(27,28)18-7-4-8-19(15-18)35-13-11-34(12-14-35)16-22-31-23(29)33-24(32-22)30-21-10-3-6-17-5-1-2-9-20(17)21/h1-10,15H,11-14,16H2,(H3,29,30,31,32,33). The summed E-state index contributed by atoms with van der Waals surface area (Å²) in [6.07, 6.45) is -4.35. The lowest BCUT2D eigenvalue weighted by Gasteiger charge is -2.36. The first-order valence-electron chi connectivity index (χ1n) is 11.2. The van der Waals surface area contributed by atoms with Gasteiger partial charge in [-0.15, -0.1) is 0 Å². The maximum absolute atomic E-state index is 13.1. The third-order valence-corrected chi connectivity index (χ3v) is 6.01. The Morgan fingerprint density at radius 2 is 1.60 bits per heavy atom. The van der Waals surface area contributed by atoms with Crippen LogP contribution in [0.25, 0.3) is 10.8 Å². The minimum atomic E-state index is -4.35. The number of alkyl halides is 3. The molecule has 0 amide bonds. The molecule has 0 bridgehead atoms. The smallest absolute Gasteiger partial charge is 0.369 e. The quantitative estimate of drug-likeness (QED) is 0.430. The fourth-order valence-electron chi connectivity index (χ4n) is 4.26. The van der Waals surface area contributed by atoms with Crippen molar-refractivity contribution < 1.29 is 13.2 Å². The zero-order valence-electron chi connectivity index (χ0n) is 18.8. The average Bonchev–Trinajstić information content (AvgIpc) is 2.84. The van der Waals surface area contributed by atoms with Crippen LogP contribution in [0, 0.1) is 0 Å². The number of halogens is 3. The van der Waals surface area contributed by atoms with E-state index in [1.165, 1.54) is 12.1 Å². The second-order valence-corrected chi connectivity index (χ2v) is 8.40. The highest BCUT2D eigenvalue weighted by Crippen LogP contribution is 2.32. The number of benzene rings is 3. The van der Waals surface area contributed by atoms with Crippen molar-refractivity contribution in [2.45, 2.75) is 12.7 Å². The van der Waals surface area contributed by atoms with Crippen molar-refractivity contribution in [2.75, 3.05) is 42.1 Å². The van der Waals surface area contributed by atoms with E-state index in [4.69, 9.17) is 5.73 Å². The topological polar surface area (TPSA) is 83.2 Å². The van der Waals surface area contributed by atoms with Gasteiger partial charge in [-0.3, -0.25) is 4.90 Å². The van der Waals surface area contributed by atoms with Gasteiger partial charge in [-0.05, 0) is 29.7 Å². The molecule has 1 aliphatic rings. The van der Waals surface area contributed by atoms with Crippen molar-refractivity contribution in [2.24, 2.45) is 0 Å². The van der Waals surface area contributed by atoms with Gasteiger partial charge in [0.1, 0.15) is 5.82 Å². The van der Waals surface area contributed by atoms with Crippen LogP contribution < -0.4 is 16.0 Å². The van der Waals surface area contributed by atoms with E-state index in [9.17, 15) is 13.2 Å². The SMILES string of the molecule is Nc1nc(CN2CCN(c3cccc(C(F)(F)F)c3)CC2)nc(Nc2cccc3ccccc23)n1. The van der Waals surface area contributed by atoms with E-state index in [1.807, 2.05) is 47.4 Å². The number of nitrogens with zero attached hydrogens (tertiary/aromatic N) is 5. The van der Waals surface area contributed by atoms with E-state index in [1.54, 1.807) is 6.07 Å². The molecule has 0 saturated carbocycles. The lowest BCUT2D eigenvalue weighted by molar-refractivity contribution is -0.137. The molecule has 1 aliphatic heterocycles. The van der Waals surface area contributed by atoms with Crippen molar-refractivity contribution in [3.05, 3.63) is 78.1 Å². The number of aromatic nitrogens is 3. The molecule has 10 heteroatoms. The van der Waals surface area contributed by atoms with Gasteiger partial charge < -0.3 is 16.0 Å². The van der Waals surface area contributed by atoms with Gasteiger partial charge in [0.05, 0.1) is 12.1 Å². The fourth-order valence-corrected chi connectivity index (χ4v) is 4.26. The molecule has 0 unspecified atom stereocenters. The molecular weight excluding hydrogens is 455 g/mol. The third kappa shape index (κ3) is 5.27. The van der Waals surface area contributed by atoms with Crippen molar-refractivity contribution >= 4 is 34.0 Å². The zero-order chi connectivity index (χ0) is 24.4. The number of rotatable bonds is 5. The lowest BCUT2D eigenvalue weighted by atomic mass is 10.1. The Hall–Kier alpha value is -3.92. The maximum atomic E-state index is 13.1. The predicted molar refractivity (Wildman–Crippen MR) is 130 cm³/mol. The summed E-state index contributed by atoms with van der Waals surface area (Å²) in [6, 6.07) is 19.4. The number of fused-ring (bicyclic) bond motifs is 1. The Kier molecular flexibility index (Phi) is 6.12. The van der Waals surface area contributed by atoms with Crippen molar-refractivity contribution in [1.82, 2.24) is 19.9 Å². The van der Waals surface area contributed by atoms with Gasteiger partial charge in [-0.1, -0.05) is 42.5 Å². The molecule has 35 heavy (non-hydrogen) atoms. The monoisotopic (exact) mass is 479 g/mol. The largest absolute Gasteiger partial charge is 0.416 e. The third-order valence-electron chi connectivity index (χ3n) is 6.01. The molecule has 0 spiro atoms. The average molecular weight is 480 g/mol. The number of nitrogens with one attached hydrogen (secondary N) is 1. The molecule has 3 aromatic carbocycles. The molecule has 7 nitrogen and oxygen atoms in total. The Labute approximate surface area is 200 Å². The summed E-state index contributed by atoms with van der Waals surface area (Å²) in [7, 11) is 0. The second kappa shape index (κ2) is 9.38. The van der Waals surface area contributed by atoms with Gasteiger partial charge in [0.25, 0.3) is 0 Å². The minimum absolute atomic E-state index is 0.125. The summed E-state index contributed by atoms with van der Waals surface area (Å²) in [6.45, 7) is 2.99. The van der Waals surface area contributed by atoms with E-state index >= 15 is 0 Å². The van der Waals surface area contributed by atoms with Gasteiger partial charge in [-0.25, -0.2) is 0 Å². The zero-order valence-corrected chi connectivity index (χ0v) is 18.8. The molecule has 1 aromatic heterocycles. The Morgan fingerprint density at radius 3 is 2.40 bits per heavy atom. The van der Waals surface area contributed by atoms with Crippen LogP contribution in [0.4, 0.5) is 36.4 Å². The van der Waals surface area contributed by atoms with Crippen LogP contribution in [0.1, 0.15) is 11.4 Å². The summed E-state index contributed by atoms with van der Waals surface area (Å²) in [5, 5.41) is 5.39. The summed E-state index contributed by atoms with van der Waals surface area (Å²) in [5.41, 5.74) is 6.77. The Balaban J connectivity index is 1.25. The fraction of sp³-hybridized carbons (Fsp3) is 0.240. The first-order chi connectivity index (χ1) is 16.8. The molecule has 0 atom stereocenters. The first kappa shape index (κ1) is 22.9. The van der Waals surface area contributed by atoms with Gasteiger partial charge in [-0.2, -0.15) is 28.1 Å². The molecule has 0 aliphatic carbocycles. The predicted octanol–water partition coefficient (Wildman–Crippen LogP) is 4.69. The van der Waals surface area contributed by atoms with Crippen LogP contribution in [0.3, 0.4) is 0 Å². The highest BCUT2D eigenvalue weighted by atomic mass is 19.4. The second-order valence-electron chi connectivity index (χ2n) is 8.40. The van der Waals surface area contributed by atoms with E-state index in [-0.39, 0.29) is 5.95 Å². The van der Waals surface area contributed by atoms with Gasteiger partial charge in [0.15, 0.2) is 0 Å². The molecule has 4 aromatic rings.